The Balaban J connectivity index is 1.74. The number of hydrogen-bond acceptors (Lipinski definition) is 9. The van der Waals surface area contributed by atoms with Crippen LogP contribution in [0.1, 0.15) is 220 Å². The van der Waals surface area contributed by atoms with Crippen molar-refractivity contribution in [2.45, 2.75) is 244 Å². The number of aldehydes is 1. The lowest BCUT2D eigenvalue weighted by Crippen LogP contribution is -2.34. The number of ether oxygens (including phenoxy) is 4. The molecule has 0 aliphatic heterocycles. The Labute approximate surface area is 386 Å². The van der Waals surface area contributed by atoms with E-state index in [2.05, 4.69) is 39.8 Å². The van der Waals surface area contributed by atoms with Gasteiger partial charge in [0.1, 0.15) is 12.4 Å². The number of unbranched alkanes of at least 4 members (excludes halogenated alkanes) is 10. The van der Waals surface area contributed by atoms with E-state index in [0.717, 1.165) is 74.7 Å². The normalized spacial score (nSPS) is 17.9. The summed E-state index contributed by atoms with van der Waals surface area (Å²) in [5.74, 6) is 5.79. The van der Waals surface area contributed by atoms with Gasteiger partial charge in [-0.05, 0) is 102 Å². The molecule has 0 spiro atoms. The van der Waals surface area contributed by atoms with Crippen LogP contribution in [0.15, 0.2) is 0 Å². The first-order valence-corrected chi connectivity index (χ1v) is 28.5. The minimum Gasteiger partial charge on any atom is -0.461 e. The van der Waals surface area contributed by atoms with Gasteiger partial charge in [0.25, 0.3) is 0 Å². The fraction of sp³-hybridized carbons (Fsp3) is 0.962. The number of nitrogens with zero attached hydrogens (tertiary/aromatic N) is 1. The van der Waals surface area contributed by atoms with Crippen LogP contribution in [0.25, 0.3) is 0 Å². The SMILES string of the molecule is CCCCCCC(CSCCCCCC(CCCCCSCC(CCCCCC)OC(=O)CCC1CCCCC1)OC(CN(C)C)OCC)OCC(C=O)CC1CCCCC1. The van der Waals surface area contributed by atoms with E-state index in [-0.39, 0.29) is 36.5 Å². The van der Waals surface area contributed by atoms with Crippen molar-refractivity contribution < 1.29 is 28.5 Å². The predicted octanol–water partition coefficient (Wildman–Crippen LogP) is 14.3. The molecule has 9 heteroatoms. The molecule has 0 saturated heterocycles. The van der Waals surface area contributed by atoms with Crippen LogP contribution in [0.4, 0.5) is 0 Å². The van der Waals surface area contributed by atoms with Crippen LogP contribution in [-0.2, 0) is 28.5 Å². The van der Waals surface area contributed by atoms with Crippen molar-refractivity contribution in [1.29, 1.82) is 0 Å². The molecule has 0 aromatic rings. The molecule has 0 radical (unpaired) electrons. The van der Waals surface area contributed by atoms with E-state index < -0.39 is 0 Å². The topological polar surface area (TPSA) is 74.3 Å². The van der Waals surface area contributed by atoms with Crippen LogP contribution in [0.2, 0.25) is 0 Å². The van der Waals surface area contributed by atoms with Crippen molar-refractivity contribution in [2.24, 2.45) is 17.8 Å². The van der Waals surface area contributed by atoms with Crippen LogP contribution in [0, 0.1) is 17.8 Å². The highest BCUT2D eigenvalue weighted by atomic mass is 32.2. The van der Waals surface area contributed by atoms with E-state index in [0.29, 0.717) is 25.6 Å². The summed E-state index contributed by atoms with van der Waals surface area (Å²) in [6.07, 6.45) is 38.8. The van der Waals surface area contributed by atoms with Crippen molar-refractivity contribution in [3.63, 3.8) is 0 Å². The van der Waals surface area contributed by atoms with E-state index in [1.807, 2.05) is 23.5 Å². The van der Waals surface area contributed by atoms with E-state index in [1.165, 1.54) is 160 Å². The molecule has 7 nitrogen and oxygen atoms in total. The Morgan fingerprint density at radius 1 is 0.639 bits per heavy atom. The molecule has 2 aliphatic rings. The van der Waals surface area contributed by atoms with Crippen molar-refractivity contribution in [2.75, 3.05) is 56.9 Å². The van der Waals surface area contributed by atoms with Crippen LogP contribution in [0.3, 0.4) is 0 Å². The van der Waals surface area contributed by atoms with Gasteiger partial charge in [-0.2, -0.15) is 23.5 Å². The van der Waals surface area contributed by atoms with Gasteiger partial charge in [0.15, 0.2) is 6.29 Å². The third kappa shape index (κ3) is 32.1. The Hall–Kier alpha value is -0.320. The first kappa shape index (κ1) is 56.8. The molecule has 5 atom stereocenters. The highest BCUT2D eigenvalue weighted by molar-refractivity contribution is 7.99. The minimum atomic E-state index is -0.188. The summed E-state index contributed by atoms with van der Waals surface area (Å²) in [5.41, 5.74) is 0. The molecule has 0 aromatic carbocycles. The third-order valence-corrected chi connectivity index (χ3v) is 15.5. The molecular weight excluding hydrogens is 799 g/mol. The summed E-state index contributed by atoms with van der Waals surface area (Å²) in [4.78, 5) is 27.0. The Bertz CT molecular complexity index is 993. The van der Waals surface area contributed by atoms with Gasteiger partial charge in [0.05, 0.1) is 18.8 Å². The van der Waals surface area contributed by atoms with Gasteiger partial charge >= 0.3 is 5.97 Å². The second-order valence-corrected chi connectivity index (χ2v) is 21.5. The molecule has 360 valence electrons. The van der Waals surface area contributed by atoms with Gasteiger partial charge in [0, 0.05) is 37.0 Å². The maximum atomic E-state index is 12.8. The van der Waals surface area contributed by atoms with Crippen LogP contribution < -0.4 is 0 Å². The molecule has 2 aliphatic carbocycles. The zero-order chi connectivity index (χ0) is 44.0. The summed E-state index contributed by atoms with van der Waals surface area (Å²) in [6.45, 7) is 8.63. The summed E-state index contributed by atoms with van der Waals surface area (Å²) >= 11 is 4.03. The summed E-state index contributed by atoms with van der Waals surface area (Å²) < 4.78 is 25.3. The first-order chi connectivity index (χ1) is 29.9. The fourth-order valence-electron chi connectivity index (χ4n) is 9.35. The monoisotopic (exact) mass is 898 g/mol. The molecule has 2 rings (SSSR count). The number of thioether (sulfide) groups is 2. The van der Waals surface area contributed by atoms with Gasteiger partial charge in [-0.1, -0.05) is 149 Å². The summed E-state index contributed by atoms with van der Waals surface area (Å²) in [6, 6.07) is 0. The molecule has 0 aromatic heterocycles. The summed E-state index contributed by atoms with van der Waals surface area (Å²) in [7, 11) is 4.18. The lowest BCUT2D eigenvalue weighted by atomic mass is 9.83. The Kier molecular flexibility index (Phi) is 37.2. The van der Waals surface area contributed by atoms with Gasteiger partial charge < -0.3 is 28.6 Å². The smallest absolute Gasteiger partial charge is 0.306 e. The first-order valence-electron chi connectivity index (χ1n) is 26.2. The molecule has 0 heterocycles. The van der Waals surface area contributed by atoms with Crippen LogP contribution >= 0.6 is 23.5 Å². The molecule has 2 saturated carbocycles. The number of hydrogen-bond donors (Lipinski definition) is 0. The number of carbonyl (C=O) groups excluding carboxylic acids is 2. The van der Waals surface area contributed by atoms with Gasteiger partial charge in [-0.3, -0.25) is 4.79 Å². The van der Waals surface area contributed by atoms with Crippen molar-refractivity contribution in [3.8, 4) is 0 Å². The minimum absolute atomic E-state index is 0.0348. The second kappa shape index (κ2) is 40.0. The predicted molar refractivity (Wildman–Crippen MR) is 264 cm³/mol. The lowest BCUT2D eigenvalue weighted by Gasteiger charge is -2.27. The largest absolute Gasteiger partial charge is 0.461 e. The molecule has 0 N–H and O–H groups in total. The number of carbonyl (C=O) groups is 2. The Morgan fingerprint density at radius 2 is 1.16 bits per heavy atom. The standard InChI is InChI=1S/C52H99NO6S2/c1-6-9-11-21-33-49(57-42-47(41-54)39-46-29-19-14-20-30-46)43-60-37-25-15-23-31-48(59-52(56-8-3)40-53(4)5)32-24-16-26-38-61-44-50(34-22-12-10-7-2)58-51(55)36-35-45-27-17-13-18-28-45/h41,45-50,52H,6-40,42-44H2,1-5H3. The molecule has 2 fully saturated rings. The summed E-state index contributed by atoms with van der Waals surface area (Å²) in [5, 5.41) is 0. The Morgan fingerprint density at radius 3 is 1.70 bits per heavy atom. The molecule has 0 amide bonds. The number of esters is 1. The van der Waals surface area contributed by atoms with Crippen LogP contribution in [-0.4, -0.2) is 98.6 Å². The van der Waals surface area contributed by atoms with Crippen molar-refractivity contribution in [1.82, 2.24) is 4.90 Å². The number of rotatable bonds is 42. The average molecular weight is 898 g/mol. The van der Waals surface area contributed by atoms with Gasteiger partial charge in [-0.15, -0.1) is 0 Å². The highest BCUT2D eigenvalue weighted by Crippen LogP contribution is 2.30. The number of likely N-dealkylation sites (N-methyl/N-ethyl adjacent to an activating group) is 1. The lowest BCUT2D eigenvalue weighted by molar-refractivity contribution is -0.177. The maximum Gasteiger partial charge on any atom is 0.306 e. The second-order valence-electron chi connectivity index (χ2n) is 19.2. The highest BCUT2D eigenvalue weighted by Gasteiger charge is 2.22. The van der Waals surface area contributed by atoms with E-state index in [1.54, 1.807) is 0 Å². The van der Waals surface area contributed by atoms with E-state index in [9.17, 15) is 9.59 Å². The molecular formula is C52H99NO6S2. The van der Waals surface area contributed by atoms with Crippen molar-refractivity contribution >= 4 is 35.8 Å². The van der Waals surface area contributed by atoms with Gasteiger partial charge in [-0.25, -0.2) is 0 Å². The fourth-order valence-corrected chi connectivity index (χ4v) is 11.5. The average Bonchev–Trinajstić information content (AvgIpc) is 3.26. The third-order valence-electron chi connectivity index (χ3n) is 13.1. The molecule has 5 unspecified atom stereocenters. The maximum absolute atomic E-state index is 12.8. The molecule has 61 heavy (non-hydrogen) atoms. The van der Waals surface area contributed by atoms with E-state index >= 15 is 0 Å². The zero-order valence-corrected chi connectivity index (χ0v) is 42.3. The van der Waals surface area contributed by atoms with Crippen LogP contribution in [0.5, 0.6) is 0 Å². The quantitative estimate of drug-likeness (QED) is 0.0258. The zero-order valence-electron chi connectivity index (χ0n) is 40.7. The van der Waals surface area contributed by atoms with Crippen molar-refractivity contribution in [3.05, 3.63) is 0 Å². The van der Waals surface area contributed by atoms with E-state index in [4.69, 9.17) is 18.9 Å². The van der Waals surface area contributed by atoms with Gasteiger partial charge in [0.2, 0.25) is 0 Å². The molecule has 0 bridgehead atoms.